The fraction of sp³-hybridized carbons (Fsp3) is 0.294. The number of hydrogen-bond donors (Lipinski definition) is 1. The van der Waals surface area contributed by atoms with Crippen LogP contribution in [0.3, 0.4) is 0 Å². The van der Waals surface area contributed by atoms with Gasteiger partial charge in [0.1, 0.15) is 11.5 Å². The third-order valence-corrected chi connectivity index (χ3v) is 4.13. The summed E-state index contributed by atoms with van der Waals surface area (Å²) in [5, 5.41) is 3.45. The molecule has 0 aliphatic rings. The molecule has 0 spiro atoms. The van der Waals surface area contributed by atoms with Crippen molar-refractivity contribution in [3.63, 3.8) is 0 Å². The van der Waals surface area contributed by atoms with Crippen molar-refractivity contribution in [1.29, 1.82) is 0 Å². The van der Waals surface area contributed by atoms with E-state index in [-0.39, 0.29) is 0 Å². The zero-order valence-corrected chi connectivity index (χ0v) is 14.4. The highest BCUT2D eigenvalue weighted by molar-refractivity contribution is 9.10. The van der Waals surface area contributed by atoms with Gasteiger partial charge in [-0.25, -0.2) is 0 Å². The van der Waals surface area contributed by atoms with Gasteiger partial charge in [-0.3, -0.25) is 0 Å². The van der Waals surface area contributed by atoms with Crippen LogP contribution in [0.4, 0.5) is 5.69 Å². The molecule has 0 saturated heterocycles. The Labute approximate surface area is 134 Å². The van der Waals surface area contributed by atoms with Gasteiger partial charge in [-0.05, 0) is 59.1 Å². The topological polar surface area (TPSA) is 30.5 Å². The number of halogens is 1. The maximum Gasteiger partial charge on any atom is 0.133 e. The van der Waals surface area contributed by atoms with E-state index in [2.05, 4.69) is 59.4 Å². The molecule has 1 N–H and O–H groups in total. The van der Waals surface area contributed by atoms with E-state index in [1.807, 2.05) is 6.07 Å². The van der Waals surface area contributed by atoms with Crippen molar-refractivity contribution < 1.29 is 9.47 Å². The molecule has 0 heterocycles. The lowest BCUT2D eigenvalue weighted by atomic mass is 10.1. The second-order valence-electron chi connectivity index (χ2n) is 4.91. The summed E-state index contributed by atoms with van der Waals surface area (Å²) in [7, 11) is 3.37. The first-order valence-electron chi connectivity index (χ1n) is 6.77. The second-order valence-corrected chi connectivity index (χ2v) is 5.77. The van der Waals surface area contributed by atoms with Crippen molar-refractivity contribution in [2.24, 2.45) is 0 Å². The van der Waals surface area contributed by atoms with Gasteiger partial charge in [0.05, 0.1) is 18.7 Å². The minimum atomic E-state index is 0.746. The summed E-state index contributed by atoms with van der Waals surface area (Å²) in [6.45, 7) is 4.87. The van der Waals surface area contributed by atoms with Gasteiger partial charge < -0.3 is 14.8 Å². The van der Waals surface area contributed by atoms with Crippen molar-refractivity contribution in [3.05, 3.63) is 51.5 Å². The third-order valence-electron chi connectivity index (χ3n) is 3.51. The average Bonchev–Trinajstić information content (AvgIpc) is 2.47. The van der Waals surface area contributed by atoms with Gasteiger partial charge in [-0.15, -0.1) is 0 Å². The predicted octanol–water partition coefficient (Wildman–Crippen LogP) is 4.70. The second kappa shape index (κ2) is 6.85. The molecule has 0 atom stereocenters. The SMILES string of the molecule is COc1ccc(CNc2ccc(C)c(OC)c2C)cc1Br. The Bertz CT molecular complexity index is 641. The number of methoxy groups -OCH3 is 2. The lowest BCUT2D eigenvalue weighted by Crippen LogP contribution is -2.03. The normalized spacial score (nSPS) is 10.3. The Morgan fingerprint density at radius 1 is 1.05 bits per heavy atom. The van der Waals surface area contributed by atoms with E-state index in [1.165, 1.54) is 5.56 Å². The zero-order valence-electron chi connectivity index (χ0n) is 12.8. The van der Waals surface area contributed by atoms with Gasteiger partial charge in [-0.2, -0.15) is 0 Å². The highest BCUT2D eigenvalue weighted by Gasteiger charge is 2.08. The first-order valence-corrected chi connectivity index (χ1v) is 7.56. The highest BCUT2D eigenvalue weighted by atomic mass is 79.9. The van der Waals surface area contributed by atoms with Crippen molar-refractivity contribution in [3.8, 4) is 11.5 Å². The number of nitrogens with one attached hydrogen (secondary N) is 1. The van der Waals surface area contributed by atoms with Gasteiger partial charge in [0.15, 0.2) is 0 Å². The van der Waals surface area contributed by atoms with Gasteiger partial charge in [-0.1, -0.05) is 12.1 Å². The Morgan fingerprint density at radius 2 is 1.81 bits per heavy atom. The van der Waals surface area contributed by atoms with Crippen LogP contribution in [-0.2, 0) is 6.54 Å². The number of hydrogen-bond acceptors (Lipinski definition) is 3. The molecule has 0 amide bonds. The van der Waals surface area contributed by atoms with E-state index in [0.29, 0.717) is 0 Å². The largest absolute Gasteiger partial charge is 0.496 e. The summed E-state index contributed by atoms with van der Waals surface area (Å²) in [6, 6.07) is 10.2. The molecule has 0 fully saturated rings. The Morgan fingerprint density at radius 3 is 2.43 bits per heavy atom. The molecule has 2 aromatic rings. The summed E-state index contributed by atoms with van der Waals surface area (Å²) in [5.41, 5.74) is 4.55. The van der Waals surface area contributed by atoms with Crippen LogP contribution in [0, 0.1) is 13.8 Å². The fourth-order valence-corrected chi connectivity index (χ4v) is 2.94. The summed E-state index contributed by atoms with van der Waals surface area (Å²) in [6.07, 6.45) is 0. The molecule has 0 aliphatic carbocycles. The van der Waals surface area contributed by atoms with Crippen LogP contribution in [0.1, 0.15) is 16.7 Å². The Balaban J connectivity index is 2.15. The van der Waals surface area contributed by atoms with Crippen LogP contribution in [0.2, 0.25) is 0 Å². The molecule has 112 valence electrons. The number of rotatable bonds is 5. The van der Waals surface area contributed by atoms with E-state index >= 15 is 0 Å². The average molecular weight is 350 g/mol. The van der Waals surface area contributed by atoms with Crippen LogP contribution in [-0.4, -0.2) is 14.2 Å². The number of ether oxygens (including phenoxy) is 2. The minimum Gasteiger partial charge on any atom is -0.496 e. The molecule has 4 heteroatoms. The van der Waals surface area contributed by atoms with E-state index in [4.69, 9.17) is 9.47 Å². The van der Waals surface area contributed by atoms with E-state index in [1.54, 1.807) is 14.2 Å². The molecule has 0 unspecified atom stereocenters. The molecular weight excluding hydrogens is 330 g/mol. The predicted molar refractivity (Wildman–Crippen MR) is 90.5 cm³/mol. The van der Waals surface area contributed by atoms with Crippen LogP contribution < -0.4 is 14.8 Å². The molecule has 3 nitrogen and oxygen atoms in total. The van der Waals surface area contributed by atoms with Crippen LogP contribution in [0.25, 0.3) is 0 Å². The van der Waals surface area contributed by atoms with Crippen molar-refractivity contribution in [2.45, 2.75) is 20.4 Å². The molecule has 2 aromatic carbocycles. The van der Waals surface area contributed by atoms with E-state index < -0.39 is 0 Å². The molecule has 0 aromatic heterocycles. The standard InChI is InChI=1S/C17H20BrNO2/c1-11-5-7-15(12(2)17(11)21-4)19-10-13-6-8-16(20-3)14(18)9-13/h5-9,19H,10H2,1-4H3. The molecule has 0 radical (unpaired) electrons. The Hall–Kier alpha value is -1.68. The minimum absolute atomic E-state index is 0.746. The van der Waals surface area contributed by atoms with E-state index in [0.717, 1.165) is 39.3 Å². The molecule has 0 aliphatic heterocycles. The molecular formula is C17H20BrNO2. The first kappa shape index (κ1) is 15.7. The van der Waals surface area contributed by atoms with Gasteiger partial charge in [0.25, 0.3) is 0 Å². The number of benzene rings is 2. The van der Waals surface area contributed by atoms with Gasteiger partial charge >= 0.3 is 0 Å². The quantitative estimate of drug-likeness (QED) is 0.848. The van der Waals surface area contributed by atoms with Crippen molar-refractivity contribution >= 4 is 21.6 Å². The molecule has 0 saturated carbocycles. The molecule has 21 heavy (non-hydrogen) atoms. The highest BCUT2D eigenvalue weighted by Crippen LogP contribution is 2.30. The molecule has 0 bridgehead atoms. The van der Waals surface area contributed by atoms with Gasteiger partial charge in [0.2, 0.25) is 0 Å². The summed E-state index contributed by atoms with van der Waals surface area (Å²) in [5.74, 6) is 1.78. The lowest BCUT2D eigenvalue weighted by Gasteiger charge is -2.15. The summed E-state index contributed by atoms with van der Waals surface area (Å²) in [4.78, 5) is 0. The monoisotopic (exact) mass is 349 g/mol. The summed E-state index contributed by atoms with van der Waals surface area (Å²) >= 11 is 3.51. The van der Waals surface area contributed by atoms with Crippen molar-refractivity contribution in [2.75, 3.05) is 19.5 Å². The first-order chi connectivity index (χ1) is 10.1. The number of anilines is 1. The fourth-order valence-electron chi connectivity index (χ4n) is 2.35. The lowest BCUT2D eigenvalue weighted by molar-refractivity contribution is 0.409. The smallest absolute Gasteiger partial charge is 0.133 e. The maximum atomic E-state index is 5.45. The van der Waals surface area contributed by atoms with Crippen molar-refractivity contribution in [1.82, 2.24) is 0 Å². The van der Waals surface area contributed by atoms with Crippen LogP contribution >= 0.6 is 15.9 Å². The van der Waals surface area contributed by atoms with Gasteiger partial charge in [0, 0.05) is 17.8 Å². The number of aryl methyl sites for hydroxylation is 1. The molecule has 2 rings (SSSR count). The van der Waals surface area contributed by atoms with Crippen LogP contribution in [0.5, 0.6) is 11.5 Å². The third kappa shape index (κ3) is 3.50. The zero-order chi connectivity index (χ0) is 15.4. The Kier molecular flexibility index (Phi) is 5.12. The maximum absolute atomic E-state index is 5.45. The van der Waals surface area contributed by atoms with E-state index in [9.17, 15) is 0 Å². The van der Waals surface area contributed by atoms with Crippen LogP contribution in [0.15, 0.2) is 34.8 Å². The summed E-state index contributed by atoms with van der Waals surface area (Å²) < 4.78 is 11.7.